The normalized spacial score (nSPS) is 18.8. The molecule has 1 fully saturated rings. The molecular formula is C10H16N4O2. The van der Waals surface area contributed by atoms with E-state index in [-0.39, 0.29) is 5.69 Å². The van der Waals surface area contributed by atoms with Crippen LogP contribution >= 0.6 is 0 Å². The number of rotatable bonds is 3. The van der Waals surface area contributed by atoms with Gasteiger partial charge < -0.3 is 10.0 Å². The molecule has 0 amide bonds. The number of piperidine rings is 1. The summed E-state index contributed by atoms with van der Waals surface area (Å²) in [5.74, 6) is -0.436. The quantitative estimate of drug-likeness (QED) is 0.800. The van der Waals surface area contributed by atoms with Crippen LogP contribution in [0.1, 0.15) is 23.3 Å². The van der Waals surface area contributed by atoms with Crippen LogP contribution in [0, 0.1) is 5.92 Å². The Kier molecular flexibility index (Phi) is 3.19. The SMILES string of the molecule is CN1CCC(Cn2cc(C(=O)O)nn2)CC1. The highest BCUT2D eigenvalue weighted by atomic mass is 16.4. The minimum atomic E-state index is -1.02. The highest BCUT2D eigenvalue weighted by molar-refractivity contribution is 5.84. The molecule has 2 heterocycles. The molecule has 1 aliphatic heterocycles. The van der Waals surface area contributed by atoms with Gasteiger partial charge in [0.1, 0.15) is 0 Å². The fourth-order valence-corrected chi connectivity index (χ4v) is 1.99. The number of likely N-dealkylation sites (tertiary alicyclic amines) is 1. The van der Waals surface area contributed by atoms with Crippen molar-refractivity contribution in [1.29, 1.82) is 0 Å². The van der Waals surface area contributed by atoms with E-state index >= 15 is 0 Å². The molecule has 1 saturated heterocycles. The zero-order chi connectivity index (χ0) is 11.5. The van der Waals surface area contributed by atoms with Crippen molar-refractivity contribution in [2.45, 2.75) is 19.4 Å². The first-order valence-electron chi connectivity index (χ1n) is 5.47. The summed E-state index contributed by atoms with van der Waals surface area (Å²) in [7, 11) is 2.12. The van der Waals surface area contributed by atoms with Gasteiger partial charge in [0, 0.05) is 6.54 Å². The summed E-state index contributed by atoms with van der Waals surface area (Å²) in [5.41, 5.74) is 0.0212. The summed E-state index contributed by atoms with van der Waals surface area (Å²) in [6.45, 7) is 2.98. The molecule has 16 heavy (non-hydrogen) atoms. The molecule has 0 aliphatic carbocycles. The first-order valence-corrected chi connectivity index (χ1v) is 5.47. The number of carboxylic acid groups (broad SMARTS) is 1. The van der Waals surface area contributed by atoms with Crippen LogP contribution in [-0.4, -0.2) is 51.1 Å². The van der Waals surface area contributed by atoms with Crippen LogP contribution in [-0.2, 0) is 6.54 Å². The molecule has 0 radical (unpaired) electrons. The highest BCUT2D eigenvalue weighted by Gasteiger charge is 2.18. The molecule has 0 saturated carbocycles. The van der Waals surface area contributed by atoms with Gasteiger partial charge in [-0.2, -0.15) is 0 Å². The van der Waals surface area contributed by atoms with Crippen molar-refractivity contribution in [3.8, 4) is 0 Å². The molecule has 1 aliphatic rings. The third-order valence-corrected chi connectivity index (χ3v) is 3.04. The molecule has 1 N–H and O–H groups in total. The van der Waals surface area contributed by atoms with Gasteiger partial charge in [0.25, 0.3) is 0 Å². The van der Waals surface area contributed by atoms with Gasteiger partial charge >= 0.3 is 5.97 Å². The van der Waals surface area contributed by atoms with Crippen LogP contribution < -0.4 is 0 Å². The van der Waals surface area contributed by atoms with E-state index in [9.17, 15) is 4.79 Å². The molecule has 0 spiro atoms. The first-order chi connectivity index (χ1) is 7.65. The van der Waals surface area contributed by atoms with Crippen molar-refractivity contribution in [2.24, 2.45) is 5.92 Å². The molecule has 88 valence electrons. The molecule has 1 aromatic rings. The lowest BCUT2D eigenvalue weighted by Gasteiger charge is -2.28. The van der Waals surface area contributed by atoms with Crippen LogP contribution in [0.15, 0.2) is 6.20 Å². The number of hydrogen-bond donors (Lipinski definition) is 1. The zero-order valence-corrected chi connectivity index (χ0v) is 9.33. The molecule has 1 aromatic heterocycles. The second-order valence-electron chi connectivity index (χ2n) is 4.38. The van der Waals surface area contributed by atoms with E-state index in [1.165, 1.54) is 6.20 Å². The van der Waals surface area contributed by atoms with Crippen molar-refractivity contribution < 1.29 is 9.90 Å². The van der Waals surface area contributed by atoms with Crippen LogP contribution in [0.5, 0.6) is 0 Å². The maximum atomic E-state index is 10.6. The molecule has 6 nitrogen and oxygen atoms in total. The van der Waals surface area contributed by atoms with Crippen LogP contribution in [0.4, 0.5) is 0 Å². The van der Waals surface area contributed by atoms with Crippen LogP contribution in [0.2, 0.25) is 0 Å². The maximum absolute atomic E-state index is 10.6. The third kappa shape index (κ3) is 2.57. The predicted octanol–water partition coefficient (Wildman–Crippen LogP) is 0.318. The first kappa shape index (κ1) is 11.1. The standard InChI is InChI=1S/C10H16N4O2/c1-13-4-2-8(3-5-13)6-14-7-9(10(15)16)11-12-14/h7-8H,2-6H2,1H3,(H,15,16). The van der Waals surface area contributed by atoms with E-state index in [4.69, 9.17) is 5.11 Å². The highest BCUT2D eigenvalue weighted by Crippen LogP contribution is 2.17. The van der Waals surface area contributed by atoms with E-state index < -0.39 is 5.97 Å². The van der Waals surface area contributed by atoms with E-state index in [1.54, 1.807) is 4.68 Å². The fourth-order valence-electron chi connectivity index (χ4n) is 1.99. The summed E-state index contributed by atoms with van der Waals surface area (Å²) >= 11 is 0. The number of carboxylic acids is 1. The Morgan fingerprint density at radius 2 is 2.25 bits per heavy atom. The molecule has 0 bridgehead atoms. The van der Waals surface area contributed by atoms with Crippen LogP contribution in [0.3, 0.4) is 0 Å². The molecule has 0 unspecified atom stereocenters. The second kappa shape index (κ2) is 4.61. The van der Waals surface area contributed by atoms with Crippen molar-refractivity contribution in [2.75, 3.05) is 20.1 Å². The predicted molar refractivity (Wildman–Crippen MR) is 57.2 cm³/mol. The number of aromatic nitrogens is 3. The van der Waals surface area contributed by atoms with Crippen molar-refractivity contribution in [3.63, 3.8) is 0 Å². The van der Waals surface area contributed by atoms with Gasteiger partial charge in [-0.3, -0.25) is 4.68 Å². The Balaban J connectivity index is 1.91. The lowest BCUT2D eigenvalue weighted by Crippen LogP contribution is -2.32. The van der Waals surface area contributed by atoms with Gasteiger partial charge in [-0.05, 0) is 38.9 Å². The Morgan fingerprint density at radius 3 is 2.81 bits per heavy atom. The fraction of sp³-hybridized carbons (Fsp3) is 0.700. The molecule has 2 rings (SSSR count). The van der Waals surface area contributed by atoms with E-state index in [0.717, 1.165) is 32.5 Å². The average molecular weight is 224 g/mol. The average Bonchev–Trinajstić information content (AvgIpc) is 2.70. The Labute approximate surface area is 93.9 Å². The van der Waals surface area contributed by atoms with Crippen molar-refractivity contribution in [1.82, 2.24) is 19.9 Å². The minimum absolute atomic E-state index is 0.0212. The second-order valence-corrected chi connectivity index (χ2v) is 4.38. The zero-order valence-electron chi connectivity index (χ0n) is 9.33. The van der Waals surface area contributed by atoms with Gasteiger partial charge in [-0.25, -0.2) is 4.79 Å². The van der Waals surface area contributed by atoms with E-state index in [2.05, 4.69) is 22.3 Å². The summed E-state index contributed by atoms with van der Waals surface area (Å²) in [6, 6.07) is 0. The van der Waals surface area contributed by atoms with E-state index in [1.807, 2.05) is 0 Å². The monoisotopic (exact) mass is 224 g/mol. The van der Waals surface area contributed by atoms with Gasteiger partial charge in [-0.15, -0.1) is 5.10 Å². The summed E-state index contributed by atoms with van der Waals surface area (Å²) in [6.07, 6.45) is 3.78. The van der Waals surface area contributed by atoms with Crippen LogP contribution in [0.25, 0.3) is 0 Å². The molecule has 0 atom stereocenters. The number of carbonyl (C=O) groups is 1. The van der Waals surface area contributed by atoms with Gasteiger partial charge in [0.05, 0.1) is 6.20 Å². The van der Waals surface area contributed by atoms with Gasteiger partial charge in [0.2, 0.25) is 0 Å². The topological polar surface area (TPSA) is 71.2 Å². The lowest BCUT2D eigenvalue weighted by molar-refractivity contribution is 0.0690. The lowest BCUT2D eigenvalue weighted by atomic mass is 9.97. The number of aromatic carboxylic acids is 1. The van der Waals surface area contributed by atoms with Crippen molar-refractivity contribution >= 4 is 5.97 Å². The largest absolute Gasteiger partial charge is 0.476 e. The van der Waals surface area contributed by atoms with Crippen molar-refractivity contribution in [3.05, 3.63) is 11.9 Å². The number of nitrogens with zero attached hydrogens (tertiary/aromatic N) is 4. The van der Waals surface area contributed by atoms with Gasteiger partial charge in [-0.1, -0.05) is 5.21 Å². The molecular weight excluding hydrogens is 208 g/mol. The summed E-state index contributed by atoms with van der Waals surface area (Å²) in [4.78, 5) is 12.9. The maximum Gasteiger partial charge on any atom is 0.358 e. The summed E-state index contributed by atoms with van der Waals surface area (Å²) < 4.78 is 1.64. The number of hydrogen-bond acceptors (Lipinski definition) is 4. The minimum Gasteiger partial charge on any atom is -0.476 e. The molecule has 0 aromatic carbocycles. The Morgan fingerprint density at radius 1 is 1.56 bits per heavy atom. The van der Waals surface area contributed by atoms with E-state index in [0.29, 0.717) is 5.92 Å². The Bertz CT molecular complexity index is 369. The summed E-state index contributed by atoms with van der Waals surface area (Å²) in [5, 5.41) is 16.1. The smallest absolute Gasteiger partial charge is 0.358 e. The Hall–Kier alpha value is -1.43. The van der Waals surface area contributed by atoms with Gasteiger partial charge in [0.15, 0.2) is 5.69 Å². The third-order valence-electron chi connectivity index (χ3n) is 3.04. The molecule has 6 heteroatoms.